The van der Waals surface area contributed by atoms with Crippen LogP contribution in [0.25, 0.3) is 0 Å². The summed E-state index contributed by atoms with van der Waals surface area (Å²) in [4.78, 5) is 26.3. The van der Waals surface area contributed by atoms with Crippen LogP contribution in [-0.2, 0) is 30.7 Å². The minimum Gasteiger partial charge on any atom is -0.345 e. The van der Waals surface area contributed by atoms with Crippen molar-refractivity contribution >= 4 is 39.9 Å². The lowest BCUT2D eigenvalue weighted by Crippen LogP contribution is -2.25. The third kappa shape index (κ3) is 5.32. The molecule has 1 aliphatic rings. The molecule has 0 aliphatic heterocycles. The number of amides is 2. The molecule has 8 nitrogen and oxygen atoms in total. The zero-order valence-corrected chi connectivity index (χ0v) is 20.8. The second-order valence-corrected chi connectivity index (χ2v) is 10.1. The lowest BCUT2D eigenvalue weighted by atomic mass is 9.96. The van der Waals surface area contributed by atoms with Gasteiger partial charge in [-0.25, -0.2) is 0 Å². The molecule has 2 amide bonds. The van der Waals surface area contributed by atoms with Gasteiger partial charge in [0.2, 0.25) is 5.91 Å². The fraction of sp³-hybridized carbons (Fsp3) is 0.375. The molecule has 3 aromatic rings. The first-order valence-corrected chi connectivity index (χ1v) is 13.0. The number of thioether (sulfide) groups is 1. The van der Waals surface area contributed by atoms with E-state index < -0.39 is 0 Å². The van der Waals surface area contributed by atoms with Crippen molar-refractivity contribution in [2.24, 2.45) is 0 Å². The molecular formula is C24H26N6O2S2. The number of carbonyl (C=O) groups is 2. The van der Waals surface area contributed by atoms with E-state index in [0.29, 0.717) is 33.7 Å². The Morgan fingerprint density at radius 2 is 2.09 bits per heavy atom. The second kappa shape index (κ2) is 10.8. The molecule has 0 saturated heterocycles. The van der Waals surface area contributed by atoms with Crippen molar-refractivity contribution in [1.29, 1.82) is 5.26 Å². The van der Waals surface area contributed by atoms with Crippen LogP contribution in [0.1, 0.15) is 57.5 Å². The van der Waals surface area contributed by atoms with E-state index in [1.54, 1.807) is 6.07 Å². The van der Waals surface area contributed by atoms with Gasteiger partial charge in [0.1, 0.15) is 11.1 Å². The van der Waals surface area contributed by atoms with Gasteiger partial charge in [0.15, 0.2) is 11.0 Å². The van der Waals surface area contributed by atoms with Crippen LogP contribution in [0.5, 0.6) is 0 Å². The van der Waals surface area contributed by atoms with Crippen LogP contribution >= 0.6 is 23.1 Å². The van der Waals surface area contributed by atoms with E-state index in [1.807, 2.05) is 36.6 Å². The Morgan fingerprint density at radius 3 is 2.85 bits per heavy atom. The number of carbonyl (C=O) groups excluding carboxylic acids is 2. The van der Waals surface area contributed by atoms with Gasteiger partial charge in [-0.15, -0.1) is 21.5 Å². The summed E-state index contributed by atoms with van der Waals surface area (Å²) in [5.41, 5.74) is 3.33. The van der Waals surface area contributed by atoms with Crippen LogP contribution < -0.4 is 10.6 Å². The van der Waals surface area contributed by atoms with Crippen molar-refractivity contribution in [3.63, 3.8) is 0 Å². The molecule has 2 heterocycles. The molecule has 176 valence electrons. The normalized spacial score (nSPS) is 12.6. The Morgan fingerprint density at radius 1 is 1.26 bits per heavy atom. The minimum atomic E-state index is -0.181. The van der Waals surface area contributed by atoms with Crippen LogP contribution in [0.2, 0.25) is 0 Å². The fourth-order valence-electron chi connectivity index (χ4n) is 3.99. The van der Waals surface area contributed by atoms with Gasteiger partial charge < -0.3 is 15.2 Å². The summed E-state index contributed by atoms with van der Waals surface area (Å²) in [6.07, 6.45) is 4.09. The van der Waals surface area contributed by atoms with Crippen molar-refractivity contribution in [3.05, 3.63) is 57.2 Å². The molecule has 10 heteroatoms. The molecule has 0 radical (unpaired) electrons. The van der Waals surface area contributed by atoms with Gasteiger partial charge in [-0.2, -0.15) is 5.26 Å². The number of hydrogen-bond acceptors (Lipinski definition) is 7. The molecule has 0 saturated carbocycles. The number of nitrogens with one attached hydrogen (secondary N) is 2. The van der Waals surface area contributed by atoms with E-state index in [2.05, 4.69) is 26.9 Å². The maximum absolute atomic E-state index is 12.6. The van der Waals surface area contributed by atoms with Crippen LogP contribution in [0.4, 0.5) is 5.00 Å². The fourth-order valence-corrected chi connectivity index (χ4v) is 6.06. The molecule has 0 unspecified atom stereocenters. The number of aryl methyl sites for hydroxylation is 2. The standard InChI is InChI=1S/C24H26N6O2S2/c1-3-30-20(13-26-22(32)16-8-6-7-15(2)11-16)28-29-24(30)33-14-21(31)27-23-18(12-25)17-9-4-5-10-19(17)34-23/h6-8,11H,3-5,9-10,13-14H2,1-2H3,(H,26,32)(H,27,31). The summed E-state index contributed by atoms with van der Waals surface area (Å²) < 4.78 is 1.89. The number of nitriles is 1. The molecule has 34 heavy (non-hydrogen) atoms. The van der Waals surface area contributed by atoms with Crippen LogP contribution in [0.3, 0.4) is 0 Å². The van der Waals surface area contributed by atoms with Crippen molar-refractivity contribution in [2.75, 3.05) is 11.1 Å². The highest BCUT2D eigenvalue weighted by Crippen LogP contribution is 2.37. The highest BCUT2D eigenvalue weighted by atomic mass is 32.2. The van der Waals surface area contributed by atoms with E-state index in [1.165, 1.54) is 28.0 Å². The summed E-state index contributed by atoms with van der Waals surface area (Å²) in [6.45, 7) is 4.77. The van der Waals surface area contributed by atoms with Crippen molar-refractivity contribution in [2.45, 2.75) is 57.8 Å². The van der Waals surface area contributed by atoms with E-state index >= 15 is 0 Å². The first-order valence-electron chi connectivity index (χ1n) is 11.2. The maximum Gasteiger partial charge on any atom is 0.251 e. The second-order valence-electron chi connectivity index (χ2n) is 8.06. The molecule has 0 spiro atoms. The Bertz CT molecular complexity index is 1260. The monoisotopic (exact) mass is 494 g/mol. The lowest BCUT2D eigenvalue weighted by Gasteiger charge is -2.09. The van der Waals surface area contributed by atoms with Crippen LogP contribution in [-0.4, -0.2) is 32.3 Å². The van der Waals surface area contributed by atoms with Crippen molar-refractivity contribution < 1.29 is 9.59 Å². The summed E-state index contributed by atoms with van der Waals surface area (Å²) in [6, 6.07) is 9.67. The number of fused-ring (bicyclic) bond motifs is 1. The predicted octanol–water partition coefficient (Wildman–Crippen LogP) is 4.08. The summed E-state index contributed by atoms with van der Waals surface area (Å²) in [5.74, 6) is 0.431. The van der Waals surface area contributed by atoms with Gasteiger partial charge in [0, 0.05) is 17.0 Å². The van der Waals surface area contributed by atoms with E-state index in [-0.39, 0.29) is 24.1 Å². The third-order valence-corrected chi connectivity index (χ3v) is 7.84. The minimum absolute atomic E-state index is 0.154. The highest BCUT2D eigenvalue weighted by molar-refractivity contribution is 7.99. The molecular weight excluding hydrogens is 468 g/mol. The zero-order valence-electron chi connectivity index (χ0n) is 19.2. The van der Waals surface area contributed by atoms with Gasteiger partial charge >= 0.3 is 0 Å². The third-order valence-electron chi connectivity index (χ3n) is 5.67. The smallest absolute Gasteiger partial charge is 0.251 e. The van der Waals surface area contributed by atoms with Crippen molar-refractivity contribution in [1.82, 2.24) is 20.1 Å². The molecule has 4 rings (SSSR count). The van der Waals surface area contributed by atoms with Gasteiger partial charge in [-0.3, -0.25) is 9.59 Å². The number of hydrogen-bond donors (Lipinski definition) is 2. The quantitative estimate of drug-likeness (QED) is 0.456. The Balaban J connectivity index is 1.36. The number of benzene rings is 1. The summed E-state index contributed by atoms with van der Waals surface area (Å²) in [5, 5.41) is 25.1. The summed E-state index contributed by atoms with van der Waals surface area (Å²) in [7, 11) is 0. The average Bonchev–Trinajstić information content (AvgIpc) is 3.40. The first-order chi connectivity index (χ1) is 16.5. The molecule has 2 aromatic heterocycles. The molecule has 0 bridgehead atoms. The average molecular weight is 495 g/mol. The van der Waals surface area contributed by atoms with E-state index in [9.17, 15) is 14.9 Å². The van der Waals surface area contributed by atoms with Gasteiger partial charge in [0.25, 0.3) is 5.91 Å². The first kappa shape index (κ1) is 24.0. The molecule has 0 atom stereocenters. The number of anilines is 1. The molecule has 1 aliphatic carbocycles. The van der Waals surface area contributed by atoms with E-state index in [0.717, 1.165) is 36.8 Å². The number of aromatic nitrogens is 3. The molecule has 2 N–H and O–H groups in total. The Kier molecular flexibility index (Phi) is 7.65. The highest BCUT2D eigenvalue weighted by Gasteiger charge is 2.22. The van der Waals surface area contributed by atoms with Gasteiger partial charge in [-0.05, 0) is 57.2 Å². The van der Waals surface area contributed by atoms with Crippen LogP contribution in [0, 0.1) is 18.3 Å². The number of nitrogens with zero attached hydrogens (tertiary/aromatic N) is 4. The largest absolute Gasteiger partial charge is 0.345 e. The molecule has 1 aromatic carbocycles. The van der Waals surface area contributed by atoms with Gasteiger partial charge in [0.05, 0.1) is 17.9 Å². The summed E-state index contributed by atoms with van der Waals surface area (Å²) >= 11 is 2.81. The zero-order chi connectivity index (χ0) is 24.1. The predicted molar refractivity (Wildman–Crippen MR) is 133 cm³/mol. The number of rotatable bonds is 8. The van der Waals surface area contributed by atoms with Gasteiger partial charge in [-0.1, -0.05) is 29.5 Å². The Hall–Kier alpha value is -3.16. The number of thiophene rings is 1. The van der Waals surface area contributed by atoms with Crippen LogP contribution in [0.15, 0.2) is 29.4 Å². The van der Waals surface area contributed by atoms with Crippen molar-refractivity contribution in [3.8, 4) is 6.07 Å². The molecule has 0 fully saturated rings. The SMILES string of the molecule is CCn1c(CNC(=O)c2cccc(C)c2)nnc1SCC(=O)Nc1sc2c(c1C#N)CCCC2. The Labute approximate surface area is 206 Å². The topological polar surface area (TPSA) is 113 Å². The van der Waals surface area contributed by atoms with E-state index in [4.69, 9.17) is 0 Å². The maximum atomic E-state index is 12.6. The lowest BCUT2D eigenvalue weighted by molar-refractivity contribution is -0.113.